The molecule has 2 rings (SSSR count). The average Bonchev–Trinajstić information content (AvgIpc) is 2.45. The molecule has 0 saturated heterocycles. The fourth-order valence-corrected chi connectivity index (χ4v) is 1.69. The molecule has 0 saturated carbocycles. The number of aromatic nitrogens is 6. The molecule has 0 aromatic carbocycles. The molecule has 0 fully saturated rings. The van der Waals surface area contributed by atoms with E-state index < -0.39 is 0 Å². The van der Waals surface area contributed by atoms with Gasteiger partial charge in [0.2, 0.25) is 23.8 Å². The van der Waals surface area contributed by atoms with Crippen molar-refractivity contribution in [2.75, 3.05) is 22.9 Å². The van der Waals surface area contributed by atoms with Crippen LogP contribution in [0.25, 0.3) is 0 Å². The van der Waals surface area contributed by atoms with Gasteiger partial charge in [-0.05, 0) is 6.42 Å². The molecule has 0 radical (unpaired) electrons. The van der Waals surface area contributed by atoms with Crippen LogP contribution in [0.2, 0.25) is 0 Å². The Morgan fingerprint density at radius 1 is 0.818 bits per heavy atom. The van der Waals surface area contributed by atoms with E-state index in [4.69, 9.17) is 27.7 Å². The Morgan fingerprint density at radius 3 is 1.68 bits per heavy atom. The van der Waals surface area contributed by atoms with Crippen molar-refractivity contribution in [1.29, 1.82) is 0 Å². The summed E-state index contributed by atoms with van der Waals surface area (Å²) >= 11 is 0. The van der Waals surface area contributed by atoms with E-state index in [2.05, 4.69) is 29.9 Å². The molecule has 11 heteroatoms. The van der Waals surface area contributed by atoms with Gasteiger partial charge in [-0.1, -0.05) is 6.92 Å². The maximum absolute atomic E-state index is 8.00. The molecule has 0 aliphatic heterocycles. The summed E-state index contributed by atoms with van der Waals surface area (Å²) in [5.41, 5.74) is 22.1. The predicted molar refractivity (Wildman–Crippen MR) is 81.2 cm³/mol. The highest BCUT2D eigenvalue weighted by Crippen LogP contribution is 2.18. The molecule has 0 spiro atoms. The summed E-state index contributed by atoms with van der Waals surface area (Å²) in [6, 6.07) is 0. The number of carbonyl (C=O) groups is 1. The third-order valence-corrected chi connectivity index (χ3v) is 2.65. The Morgan fingerprint density at radius 2 is 1.23 bits per heavy atom. The van der Waals surface area contributed by atoms with E-state index in [1.165, 1.54) is 0 Å². The monoisotopic (exact) mass is 306 g/mol. The number of aryl methyl sites for hydroxylation is 1. The molecule has 0 bridgehead atoms. The number of nitrogens with two attached hydrogens (primary N) is 4. The third kappa shape index (κ3) is 4.77. The van der Waals surface area contributed by atoms with Crippen molar-refractivity contribution in [1.82, 2.24) is 29.9 Å². The lowest BCUT2D eigenvalue weighted by molar-refractivity contribution is -0.0979. The number of nitrogens with zero attached hydrogens (tertiary/aromatic N) is 6. The van der Waals surface area contributed by atoms with Gasteiger partial charge in [-0.25, -0.2) is 0 Å². The van der Waals surface area contributed by atoms with Crippen LogP contribution >= 0.6 is 0 Å². The smallest absolute Gasteiger partial charge is 0.225 e. The number of anilines is 4. The number of nitrogen functional groups attached to an aromatic ring is 4. The minimum atomic E-state index is 0.0156. The molecule has 11 nitrogen and oxygen atoms in total. The van der Waals surface area contributed by atoms with E-state index in [1.807, 2.05) is 13.7 Å². The number of carbonyl (C=O) groups excluding carboxylic acids is 1. The second-order valence-corrected chi connectivity index (χ2v) is 4.32. The summed E-state index contributed by atoms with van der Waals surface area (Å²) in [7, 11) is 0. The fourth-order valence-electron chi connectivity index (χ4n) is 1.69. The van der Waals surface area contributed by atoms with Gasteiger partial charge in [0.15, 0.2) is 0 Å². The molecule has 0 aliphatic rings. The number of rotatable bonds is 4. The van der Waals surface area contributed by atoms with E-state index in [-0.39, 0.29) is 29.7 Å². The minimum Gasteiger partial charge on any atom is -0.368 e. The molecule has 1 atom stereocenters. The molecule has 1 unspecified atom stereocenters. The first kappa shape index (κ1) is 16.9. The van der Waals surface area contributed by atoms with Crippen LogP contribution in [0.3, 0.4) is 0 Å². The normalized spacial score (nSPS) is 11.3. The second-order valence-electron chi connectivity index (χ2n) is 4.32. The molecular formula is C11H18N10O. The first-order valence-corrected chi connectivity index (χ1v) is 6.25. The molecule has 22 heavy (non-hydrogen) atoms. The van der Waals surface area contributed by atoms with E-state index in [9.17, 15) is 0 Å². The van der Waals surface area contributed by atoms with E-state index in [1.54, 1.807) is 0 Å². The van der Waals surface area contributed by atoms with E-state index in [0.717, 1.165) is 0 Å². The zero-order valence-corrected chi connectivity index (χ0v) is 12.1. The van der Waals surface area contributed by atoms with Gasteiger partial charge in [-0.15, -0.1) is 0 Å². The maximum atomic E-state index is 8.00. The zero-order chi connectivity index (χ0) is 16.7. The van der Waals surface area contributed by atoms with Crippen molar-refractivity contribution in [2.24, 2.45) is 0 Å². The van der Waals surface area contributed by atoms with Gasteiger partial charge in [0.05, 0.1) is 0 Å². The molecule has 8 N–H and O–H groups in total. The SMILES string of the molecule is C=O.CC(CCc1nc(N)nc(N)n1)c1nc(N)nc(N)n1. The van der Waals surface area contributed by atoms with Crippen molar-refractivity contribution in [3.8, 4) is 0 Å². The van der Waals surface area contributed by atoms with E-state index in [0.29, 0.717) is 24.5 Å². The standard InChI is InChI=1S/C10H16N10.CH2O/c1-4(6-17-9(13)20-10(14)18-6)2-3-5-15-7(11)19-8(12)16-5;1-2/h4H,2-3H2,1H3,(H4,11,12,15,16,19)(H4,13,14,17,18,20);1H2. The quantitative estimate of drug-likeness (QED) is 0.536. The molecule has 2 aromatic heterocycles. The highest BCUT2D eigenvalue weighted by atomic mass is 16.1. The Kier molecular flexibility index (Phi) is 5.86. The van der Waals surface area contributed by atoms with Crippen LogP contribution in [0.15, 0.2) is 0 Å². The van der Waals surface area contributed by atoms with Crippen molar-refractivity contribution >= 4 is 30.6 Å². The van der Waals surface area contributed by atoms with Crippen molar-refractivity contribution in [3.05, 3.63) is 11.6 Å². The van der Waals surface area contributed by atoms with Gasteiger partial charge < -0.3 is 27.7 Å². The molecule has 0 aliphatic carbocycles. The average molecular weight is 306 g/mol. The van der Waals surface area contributed by atoms with Crippen molar-refractivity contribution in [3.63, 3.8) is 0 Å². The summed E-state index contributed by atoms with van der Waals surface area (Å²) in [5.74, 6) is 1.49. The largest absolute Gasteiger partial charge is 0.368 e. The van der Waals surface area contributed by atoms with Gasteiger partial charge in [-0.3, -0.25) is 0 Å². The lowest BCUT2D eigenvalue weighted by Crippen LogP contribution is -2.11. The van der Waals surface area contributed by atoms with Gasteiger partial charge in [-0.2, -0.15) is 29.9 Å². The summed E-state index contributed by atoms with van der Waals surface area (Å²) in [5, 5.41) is 0. The van der Waals surface area contributed by atoms with Gasteiger partial charge >= 0.3 is 0 Å². The topological polar surface area (TPSA) is 198 Å². The van der Waals surface area contributed by atoms with Crippen LogP contribution in [0.4, 0.5) is 23.8 Å². The van der Waals surface area contributed by atoms with Gasteiger partial charge in [0.1, 0.15) is 18.4 Å². The summed E-state index contributed by atoms with van der Waals surface area (Å²) < 4.78 is 0. The van der Waals surface area contributed by atoms with Gasteiger partial charge in [0, 0.05) is 12.3 Å². The lowest BCUT2D eigenvalue weighted by atomic mass is 10.0. The third-order valence-electron chi connectivity index (χ3n) is 2.65. The van der Waals surface area contributed by atoms with Crippen LogP contribution < -0.4 is 22.9 Å². The number of hydrogen-bond acceptors (Lipinski definition) is 11. The highest BCUT2D eigenvalue weighted by Gasteiger charge is 2.13. The van der Waals surface area contributed by atoms with Gasteiger partial charge in [0.25, 0.3) is 0 Å². The Bertz CT molecular complexity index is 594. The first-order valence-electron chi connectivity index (χ1n) is 6.25. The Balaban J connectivity index is 0.00000116. The van der Waals surface area contributed by atoms with Crippen LogP contribution in [0, 0.1) is 0 Å². The van der Waals surface area contributed by atoms with Crippen LogP contribution in [0.5, 0.6) is 0 Å². The van der Waals surface area contributed by atoms with Crippen molar-refractivity contribution in [2.45, 2.75) is 25.7 Å². The van der Waals surface area contributed by atoms with E-state index >= 15 is 0 Å². The fraction of sp³-hybridized carbons (Fsp3) is 0.364. The Labute approximate surface area is 126 Å². The summed E-state index contributed by atoms with van der Waals surface area (Å²) in [6.07, 6.45) is 1.25. The Hall–Kier alpha value is -3.11. The molecule has 2 aromatic rings. The minimum absolute atomic E-state index is 0.0156. The van der Waals surface area contributed by atoms with Crippen LogP contribution in [0.1, 0.15) is 30.9 Å². The van der Waals surface area contributed by atoms with Crippen molar-refractivity contribution < 1.29 is 4.79 Å². The molecular weight excluding hydrogens is 288 g/mol. The molecule has 118 valence electrons. The van der Waals surface area contributed by atoms with Crippen LogP contribution in [-0.4, -0.2) is 36.7 Å². The van der Waals surface area contributed by atoms with Crippen LogP contribution in [-0.2, 0) is 11.2 Å². The number of hydrogen-bond donors (Lipinski definition) is 4. The first-order chi connectivity index (χ1) is 10.4. The molecule has 2 heterocycles. The predicted octanol–water partition coefficient (Wildman–Crippen LogP) is -1.06. The highest BCUT2D eigenvalue weighted by molar-refractivity contribution is 5.27. The summed E-state index contributed by atoms with van der Waals surface area (Å²) in [4.78, 5) is 31.6. The zero-order valence-electron chi connectivity index (χ0n) is 12.1. The summed E-state index contributed by atoms with van der Waals surface area (Å²) in [6.45, 7) is 3.95. The molecule has 0 amide bonds. The second kappa shape index (κ2) is 7.61. The lowest BCUT2D eigenvalue weighted by Gasteiger charge is -2.10. The maximum Gasteiger partial charge on any atom is 0.225 e.